The van der Waals surface area contributed by atoms with Crippen LogP contribution in [0.1, 0.15) is 103 Å². The topological polar surface area (TPSA) is 97.1 Å². The van der Waals surface area contributed by atoms with E-state index in [9.17, 15) is 9.59 Å². The highest BCUT2D eigenvalue weighted by Crippen LogP contribution is 2.43. The Labute approximate surface area is 330 Å². The van der Waals surface area contributed by atoms with E-state index in [1.807, 2.05) is 25.2 Å². The molecular weight excluding hydrogens is 711 g/mol. The van der Waals surface area contributed by atoms with Crippen molar-refractivity contribution in [1.82, 2.24) is 0 Å². The smallest absolute Gasteiger partial charge is 0.404 e. The molecule has 0 saturated carbocycles. The van der Waals surface area contributed by atoms with Gasteiger partial charge in [0.05, 0.1) is 12.2 Å². The second-order valence-electron chi connectivity index (χ2n) is 20.2. The van der Waals surface area contributed by atoms with Gasteiger partial charge in [-0.3, -0.25) is 4.79 Å². The average Bonchev–Trinajstić information content (AvgIpc) is 2.98. The Morgan fingerprint density at radius 2 is 1.13 bits per heavy atom. The predicted octanol–water partition coefficient (Wildman–Crippen LogP) is 12.2. The summed E-state index contributed by atoms with van der Waals surface area (Å²) in [5.41, 5.74) is 6.95. The molecule has 2 N–H and O–H groups in total. The van der Waals surface area contributed by atoms with Crippen molar-refractivity contribution in [3.05, 3.63) is 48.6 Å². The Morgan fingerprint density at radius 3 is 1.55 bits per heavy atom. The maximum atomic E-state index is 12.4. The number of amides is 1. The van der Waals surface area contributed by atoms with Crippen LogP contribution in [0, 0.1) is 29.6 Å². The van der Waals surface area contributed by atoms with Crippen molar-refractivity contribution in [2.75, 3.05) is 6.61 Å². The second kappa shape index (κ2) is 20.6. The van der Waals surface area contributed by atoms with Gasteiger partial charge in [0.25, 0.3) is 0 Å². The molecule has 0 heterocycles. The third-order valence-corrected chi connectivity index (χ3v) is 25.9. The van der Waals surface area contributed by atoms with Gasteiger partial charge in [0.2, 0.25) is 0 Å². The molecule has 0 aromatic rings. The van der Waals surface area contributed by atoms with Crippen LogP contribution in [0.5, 0.6) is 0 Å². The van der Waals surface area contributed by atoms with Crippen molar-refractivity contribution < 1.29 is 27.6 Å². The summed E-state index contributed by atoms with van der Waals surface area (Å²) in [5.74, 6) is -0.267. The van der Waals surface area contributed by atoms with Crippen molar-refractivity contribution in [1.29, 1.82) is 0 Å². The van der Waals surface area contributed by atoms with Crippen LogP contribution in [0.4, 0.5) is 4.79 Å². The fourth-order valence-electron chi connectivity index (χ4n) is 5.90. The number of allylic oxidation sites excluding steroid dienone is 4. The lowest BCUT2D eigenvalue weighted by Gasteiger charge is -2.46. The maximum absolute atomic E-state index is 12.4. The molecule has 0 aliphatic heterocycles. The van der Waals surface area contributed by atoms with Gasteiger partial charge in [-0.15, -0.1) is 0 Å². The molecule has 0 bridgehead atoms. The number of aldehydes is 1. The molecule has 0 radical (unpaired) electrons. The van der Waals surface area contributed by atoms with Crippen LogP contribution in [-0.4, -0.2) is 62.3 Å². The summed E-state index contributed by atoms with van der Waals surface area (Å²) in [6.45, 7) is 49.2. The van der Waals surface area contributed by atoms with E-state index in [0.29, 0.717) is 6.61 Å². The normalized spacial score (nSPS) is 19.0. The average molecular weight is 794 g/mol. The quantitative estimate of drug-likeness (QED) is 0.0409. The van der Waals surface area contributed by atoms with Gasteiger partial charge < -0.3 is 23.7 Å². The molecule has 7 nitrogen and oxygen atoms in total. The van der Waals surface area contributed by atoms with Gasteiger partial charge in [0, 0.05) is 24.4 Å². The van der Waals surface area contributed by atoms with E-state index < -0.39 is 37.1 Å². The lowest BCUT2D eigenvalue weighted by Crippen LogP contribution is -2.52. The summed E-state index contributed by atoms with van der Waals surface area (Å²) in [6, 6.07) is 0. The zero-order chi connectivity index (χ0) is 42.0. The Balaban J connectivity index is 7.50. The highest BCUT2D eigenvalue weighted by Gasteiger charge is 2.46. The third kappa shape index (κ3) is 16.2. The van der Waals surface area contributed by atoms with Gasteiger partial charge in [-0.05, 0) is 85.7 Å². The molecule has 10 heteroatoms. The van der Waals surface area contributed by atoms with Crippen LogP contribution >= 0.6 is 0 Å². The van der Waals surface area contributed by atoms with Gasteiger partial charge in [0.1, 0.15) is 12.4 Å². The lowest BCUT2D eigenvalue weighted by atomic mass is 9.81. The molecule has 0 spiro atoms. The molecule has 1 amide bonds. The van der Waals surface area contributed by atoms with E-state index in [1.54, 1.807) is 12.2 Å². The van der Waals surface area contributed by atoms with Gasteiger partial charge in [-0.25, -0.2) is 4.79 Å². The standard InChI is InChI=1S/C43H83NO6Si3/c1-22-23-25-33(4)38(48-40(44)46)35(6)39(50-53(20,21)43(13,14)15)36(30-47-51(16,17)41(7,8)9)29-31(2)28-34(5)37(32(3)26-24-27-45)49-52(18,19)42(10,11)12/h22-28,32-39H,1,29-30H2,2-21H3,(H2,44,46)/b25-23-,26-24-,31-28-/t32-,33-,34-,35+,36+,37-,38-,39-/m0/s1. The number of primary amides is 1. The molecular formula is C43H83NO6Si3. The number of ether oxygens (including phenoxy) is 1. The molecule has 0 aliphatic rings. The lowest BCUT2D eigenvalue weighted by molar-refractivity contribution is -0.104. The van der Waals surface area contributed by atoms with Gasteiger partial charge in [-0.1, -0.05) is 133 Å². The molecule has 0 aromatic heterocycles. The monoisotopic (exact) mass is 794 g/mol. The first kappa shape index (κ1) is 51.4. The number of carbonyl (C=O) groups is 2. The van der Waals surface area contributed by atoms with E-state index in [1.165, 1.54) is 5.57 Å². The van der Waals surface area contributed by atoms with Gasteiger partial charge in [0.15, 0.2) is 25.0 Å². The fraction of sp³-hybridized carbons (Fsp3) is 0.767. The first-order chi connectivity index (χ1) is 23.8. The van der Waals surface area contributed by atoms with Crippen LogP contribution in [0.2, 0.25) is 54.4 Å². The molecule has 0 unspecified atom stereocenters. The molecule has 0 fully saturated rings. The van der Waals surface area contributed by atoms with Crippen molar-refractivity contribution in [3.63, 3.8) is 0 Å². The summed E-state index contributed by atoms with van der Waals surface area (Å²) < 4.78 is 27.5. The summed E-state index contributed by atoms with van der Waals surface area (Å²) in [7, 11) is -6.64. The molecule has 308 valence electrons. The number of carbonyl (C=O) groups excluding carboxylic acids is 2. The minimum absolute atomic E-state index is 0.0272. The zero-order valence-electron chi connectivity index (χ0n) is 37.8. The Hall–Kier alpha value is -1.57. The van der Waals surface area contributed by atoms with Crippen LogP contribution in [-0.2, 0) is 22.8 Å². The first-order valence-corrected chi connectivity index (χ1v) is 28.5. The first-order valence-electron chi connectivity index (χ1n) is 19.8. The molecule has 0 aliphatic carbocycles. The molecule has 0 rings (SSSR count). The van der Waals surface area contributed by atoms with Gasteiger partial charge >= 0.3 is 6.09 Å². The van der Waals surface area contributed by atoms with E-state index in [-0.39, 0.29) is 56.9 Å². The number of hydrogen-bond donors (Lipinski definition) is 1. The highest BCUT2D eigenvalue weighted by molar-refractivity contribution is 6.75. The van der Waals surface area contributed by atoms with Crippen molar-refractivity contribution in [2.24, 2.45) is 35.3 Å². The largest absolute Gasteiger partial charge is 0.445 e. The predicted molar refractivity (Wildman–Crippen MR) is 235 cm³/mol. The molecule has 0 saturated heterocycles. The van der Waals surface area contributed by atoms with E-state index in [0.717, 1.165) is 12.7 Å². The second-order valence-corrected chi connectivity index (χ2v) is 34.5. The third-order valence-electron chi connectivity index (χ3n) is 12.4. The maximum Gasteiger partial charge on any atom is 0.404 e. The molecule has 53 heavy (non-hydrogen) atoms. The van der Waals surface area contributed by atoms with E-state index >= 15 is 0 Å². The Kier molecular flexibility index (Phi) is 19.9. The number of rotatable bonds is 21. The Morgan fingerprint density at radius 1 is 0.698 bits per heavy atom. The number of nitrogens with two attached hydrogens (primary N) is 1. The summed E-state index contributed by atoms with van der Waals surface area (Å²) >= 11 is 0. The van der Waals surface area contributed by atoms with Crippen LogP contribution in [0.3, 0.4) is 0 Å². The van der Waals surface area contributed by atoms with Crippen molar-refractivity contribution in [3.8, 4) is 0 Å². The molecule has 0 aromatic carbocycles. The minimum Gasteiger partial charge on any atom is -0.445 e. The minimum atomic E-state index is -2.35. The number of hydrogen-bond acceptors (Lipinski definition) is 6. The zero-order valence-corrected chi connectivity index (χ0v) is 40.8. The molecule has 8 atom stereocenters. The fourth-order valence-corrected chi connectivity index (χ4v) is 9.86. The summed E-state index contributed by atoms with van der Waals surface area (Å²) in [4.78, 5) is 23.7. The van der Waals surface area contributed by atoms with Crippen molar-refractivity contribution >= 4 is 37.3 Å². The van der Waals surface area contributed by atoms with E-state index in [2.05, 4.69) is 142 Å². The van der Waals surface area contributed by atoms with Crippen molar-refractivity contribution in [2.45, 2.75) is 176 Å². The van der Waals surface area contributed by atoms with Crippen LogP contribution in [0.25, 0.3) is 0 Å². The van der Waals surface area contributed by atoms with Gasteiger partial charge in [-0.2, -0.15) is 0 Å². The van der Waals surface area contributed by atoms with Crippen LogP contribution < -0.4 is 5.73 Å². The summed E-state index contributed by atoms with van der Waals surface area (Å²) in [6.07, 6.45) is 11.4. The van der Waals surface area contributed by atoms with E-state index in [4.69, 9.17) is 23.7 Å². The SMILES string of the molecule is C=C/C=C\[C@H](C)[C@H](OC(N)=O)[C@@H](C)[C@H](O[Si](C)(C)C(C)(C)C)[C@@H](CO[Si](C)(C)C(C)(C)C)C/C(C)=C\[C@H](C)[C@@H](O[Si](C)(C)C(C)(C)C)[C@@H](C)/C=C\C=O. The van der Waals surface area contributed by atoms with Crippen LogP contribution in [0.15, 0.2) is 48.6 Å². The highest BCUT2D eigenvalue weighted by atomic mass is 28.4. The summed E-state index contributed by atoms with van der Waals surface area (Å²) in [5, 5.41) is 0.0124. The Bertz CT molecular complexity index is 1250.